The van der Waals surface area contributed by atoms with E-state index in [2.05, 4.69) is 14.7 Å². The number of benzene rings is 3. The second-order valence-corrected chi connectivity index (χ2v) is 10.8. The predicted molar refractivity (Wildman–Crippen MR) is 120 cm³/mol. The van der Waals surface area contributed by atoms with Crippen molar-refractivity contribution in [3.63, 3.8) is 0 Å². The smallest absolute Gasteiger partial charge is 0.261 e. The lowest BCUT2D eigenvalue weighted by atomic mass is 10.0. The highest BCUT2D eigenvalue weighted by Gasteiger charge is 2.17. The molecule has 0 atom stereocenters. The molecule has 1 aromatic heterocycles. The topological polar surface area (TPSA) is 106 Å². The lowest BCUT2D eigenvalue weighted by molar-refractivity contribution is 0.597. The van der Waals surface area contributed by atoms with Gasteiger partial charge in [0, 0.05) is 22.9 Å². The fourth-order valence-electron chi connectivity index (χ4n) is 3.24. The van der Waals surface area contributed by atoms with Gasteiger partial charge < -0.3 is 0 Å². The Morgan fingerprint density at radius 1 is 0.806 bits per heavy atom. The van der Waals surface area contributed by atoms with Crippen molar-refractivity contribution in [1.29, 1.82) is 0 Å². The van der Waals surface area contributed by atoms with Gasteiger partial charge in [0.05, 0.1) is 21.0 Å². The van der Waals surface area contributed by atoms with Crippen molar-refractivity contribution in [1.82, 2.24) is 9.97 Å². The van der Waals surface area contributed by atoms with E-state index in [1.165, 1.54) is 30.6 Å². The van der Waals surface area contributed by atoms with Gasteiger partial charge in [0.25, 0.3) is 10.0 Å². The average Bonchev–Trinajstić information content (AvgIpc) is 2.74. The number of sulfone groups is 1. The highest BCUT2D eigenvalue weighted by molar-refractivity contribution is 7.92. The summed E-state index contributed by atoms with van der Waals surface area (Å²) in [5.41, 5.74) is 3.59. The number of nitrogens with zero attached hydrogens (tertiary/aromatic N) is 2. The van der Waals surface area contributed by atoms with Gasteiger partial charge in [-0.1, -0.05) is 24.3 Å². The largest absolute Gasteiger partial charge is 0.280 e. The van der Waals surface area contributed by atoms with E-state index < -0.39 is 19.9 Å². The molecular weight excluding hydrogens is 434 g/mol. The Bertz CT molecular complexity index is 1490. The molecule has 1 heterocycles. The fraction of sp³-hybridized carbons (Fsp3) is 0.0909. The third-order valence-corrected chi connectivity index (χ3v) is 7.38. The minimum absolute atomic E-state index is 0.0329. The molecule has 7 nitrogen and oxygen atoms in total. The molecule has 0 bridgehead atoms. The summed E-state index contributed by atoms with van der Waals surface area (Å²) in [6.45, 7) is 1.93. The van der Waals surface area contributed by atoms with Crippen molar-refractivity contribution >= 4 is 36.5 Å². The molecule has 0 aliphatic rings. The van der Waals surface area contributed by atoms with E-state index in [-0.39, 0.29) is 9.79 Å². The summed E-state index contributed by atoms with van der Waals surface area (Å²) in [6.07, 6.45) is 2.55. The fourth-order valence-corrected chi connectivity index (χ4v) is 4.92. The summed E-state index contributed by atoms with van der Waals surface area (Å²) in [4.78, 5) is 8.72. The van der Waals surface area contributed by atoms with Crippen molar-refractivity contribution in [3.8, 4) is 11.3 Å². The minimum atomic E-state index is -3.91. The number of sulfonamides is 1. The molecule has 0 aliphatic heterocycles. The molecule has 4 rings (SSSR count). The Balaban J connectivity index is 1.72. The predicted octanol–water partition coefficient (Wildman–Crippen LogP) is 3.81. The lowest BCUT2D eigenvalue weighted by Gasteiger charge is -2.13. The van der Waals surface area contributed by atoms with Crippen molar-refractivity contribution < 1.29 is 16.8 Å². The molecule has 0 fully saturated rings. The summed E-state index contributed by atoms with van der Waals surface area (Å²) in [6, 6.07) is 17.9. The molecule has 0 radical (unpaired) electrons. The first-order valence-corrected chi connectivity index (χ1v) is 12.7. The van der Waals surface area contributed by atoms with Crippen molar-refractivity contribution in [3.05, 3.63) is 78.6 Å². The van der Waals surface area contributed by atoms with Crippen LogP contribution in [0, 0.1) is 6.92 Å². The van der Waals surface area contributed by atoms with Crippen LogP contribution >= 0.6 is 0 Å². The maximum atomic E-state index is 12.8. The first-order chi connectivity index (χ1) is 14.6. The van der Waals surface area contributed by atoms with E-state index in [4.69, 9.17) is 0 Å². The number of nitrogens with one attached hydrogen (secondary N) is 1. The van der Waals surface area contributed by atoms with Gasteiger partial charge >= 0.3 is 0 Å². The van der Waals surface area contributed by atoms with Gasteiger partial charge in [0.15, 0.2) is 9.84 Å². The quantitative estimate of drug-likeness (QED) is 0.493. The third-order valence-electron chi connectivity index (χ3n) is 4.85. The minimum Gasteiger partial charge on any atom is -0.280 e. The molecule has 3 aromatic carbocycles. The second kappa shape index (κ2) is 7.75. The standard InChI is InChI=1S/C22H19N3O4S2/c1-15-7-8-16(13-20(15)22-19-5-3-4-6-21(19)23-14-24-22)25-31(28,29)18-11-9-17(10-12-18)30(2,26)27/h3-14,25H,1-2H3. The average molecular weight is 454 g/mol. The van der Waals surface area contributed by atoms with Gasteiger partial charge in [0.2, 0.25) is 0 Å². The summed E-state index contributed by atoms with van der Waals surface area (Å²) in [7, 11) is -7.32. The maximum absolute atomic E-state index is 12.8. The summed E-state index contributed by atoms with van der Waals surface area (Å²) in [5.74, 6) is 0. The van der Waals surface area contributed by atoms with Crippen molar-refractivity contribution in [2.24, 2.45) is 0 Å². The van der Waals surface area contributed by atoms with Gasteiger partial charge in [-0.05, 0) is 55.0 Å². The van der Waals surface area contributed by atoms with Gasteiger partial charge in [-0.15, -0.1) is 0 Å². The van der Waals surface area contributed by atoms with Crippen LogP contribution in [0.5, 0.6) is 0 Å². The molecule has 1 N–H and O–H groups in total. The number of para-hydroxylation sites is 1. The van der Waals surface area contributed by atoms with Crippen LogP contribution in [0.15, 0.2) is 82.8 Å². The number of hydrogen-bond donors (Lipinski definition) is 1. The molecule has 0 unspecified atom stereocenters. The van der Waals surface area contributed by atoms with E-state index in [1.807, 2.05) is 37.3 Å². The maximum Gasteiger partial charge on any atom is 0.261 e. The van der Waals surface area contributed by atoms with E-state index in [0.29, 0.717) is 11.4 Å². The molecule has 0 saturated carbocycles. The van der Waals surface area contributed by atoms with Crippen LogP contribution in [0.2, 0.25) is 0 Å². The summed E-state index contributed by atoms with van der Waals surface area (Å²) in [5, 5.41) is 0.865. The van der Waals surface area contributed by atoms with Crippen molar-refractivity contribution in [2.75, 3.05) is 11.0 Å². The van der Waals surface area contributed by atoms with E-state index in [9.17, 15) is 16.8 Å². The van der Waals surface area contributed by atoms with Crippen LogP contribution in [0.25, 0.3) is 22.2 Å². The van der Waals surface area contributed by atoms with Gasteiger partial charge in [0.1, 0.15) is 6.33 Å². The lowest BCUT2D eigenvalue weighted by Crippen LogP contribution is -2.13. The summed E-state index contributed by atoms with van der Waals surface area (Å²) >= 11 is 0. The van der Waals surface area contributed by atoms with Gasteiger partial charge in [-0.3, -0.25) is 4.72 Å². The Hall–Kier alpha value is -3.30. The SMILES string of the molecule is Cc1ccc(NS(=O)(=O)c2ccc(S(C)(=O)=O)cc2)cc1-c1ncnc2ccccc12. The molecule has 0 spiro atoms. The Morgan fingerprint density at radius 2 is 1.48 bits per heavy atom. The molecule has 0 amide bonds. The Labute approximate surface area is 180 Å². The zero-order chi connectivity index (χ0) is 22.2. The van der Waals surface area contributed by atoms with Crippen LogP contribution in [-0.4, -0.2) is 33.1 Å². The van der Waals surface area contributed by atoms with Crippen LogP contribution in [0.4, 0.5) is 5.69 Å². The first-order valence-electron chi connectivity index (χ1n) is 9.29. The highest BCUT2D eigenvalue weighted by atomic mass is 32.2. The molecule has 4 aromatic rings. The number of fused-ring (bicyclic) bond motifs is 1. The zero-order valence-electron chi connectivity index (χ0n) is 16.8. The molecule has 158 valence electrons. The van der Waals surface area contributed by atoms with Crippen molar-refractivity contribution in [2.45, 2.75) is 16.7 Å². The number of aromatic nitrogens is 2. The Kier molecular flexibility index (Phi) is 5.24. The highest BCUT2D eigenvalue weighted by Crippen LogP contribution is 2.31. The first kappa shape index (κ1) is 21.0. The number of aryl methyl sites for hydroxylation is 1. The monoisotopic (exact) mass is 453 g/mol. The van der Waals surface area contributed by atoms with E-state index in [1.54, 1.807) is 12.1 Å². The van der Waals surface area contributed by atoms with E-state index in [0.717, 1.165) is 28.3 Å². The molecule has 31 heavy (non-hydrogen) atoms. The molecule has 0 saturated heterocycles. The van der Waals surface area contributed by atoms with Crippen LogP contribution in [0.3, 0.4) is 0 Å². The second-order valence-electron chi connectivity index (χ2n) is 7.12. The molecule has 9 heteroatoms. The third kappa shape index (κ3) is 4.28. The Morgan fingerprint density at radius 3 is 2.19 bits per heavy atom. The number of hydrogen-bond acceptors (Lipinski definition) is 6. The molecular formula is C22H19N3O4S2. The van der Waals surface area contributed by atoms with Gasteiger partial charge in [-0.2, -0.15) is 0 Å². The van der Waals surface area contributed by atoms with Crippen LogP contribution in [-0.2, 0) is 19.9 Å². The van der Waals surface area contributed by atoms with Crippen LogP contribution < -0.4 is 4.72 Å². The van der Waals surface area contributed by atoms with E-state index >= 15 is 0 Å². The van der Waals surface area contributed by atoms with Crippen LogP contribution in [0.1, 0.15) is 5.56 Å². The normalized spacial score (nSPS) is 12.1. The number of anilines is 1. The van der Waals surface area contributed by atoms with Gasteiger partial charge in [-0.25, -0.2) is 26.8 Å². The molecule has 0 aliphatic carbocycles. The summed E-state index contributed by atoms with van der Waals surface area (Å²) < 4.78 is 51.4. The zero-order valence-corrected chi connectivity index (χ0v) is 18.4. The number of rotatable bonds is 5.